The van der Waals surface area contributed by atoms with Gasteiger partial charge in [0.25, 0.3) is 5.69 Å². The molecule has 0 atom stereocenters. The first-order chi connectivity index (χ1) is 10.2. The van der Waals surface area contributed by atoms with Gasteiger partial charge in [-0.3, -0.25) is 10.1 Å². The molecule has 0 unspecified atom stereocenters. The Labute approximate surface area is 124 Å². The van der Waals surface area contributed by atoms with E-state index in [1.165, 1.54) is 26.4 Å². The highest BCUT2D eigenvalue weighted by atomic mass is 16.6. The van der Waals surface area contributed by atoms with Crippen LogP contribution in [0.15, 0.2) is 12.1 Å². The van der Waals surface area contributed by atoms with Crippen molar-refractivity contribution in [3.63, 3.8) is 0 Å². The molecule has 1 aromatic rings. The Bertz CT molecular complexity index is 557. The normalized spacial score (nSPS) is 9.00. The topological polar surface area (TPSA) is 174 Å². The van der Waals surface area contributed by atoms with Crippen LogP contribution in [0.25, 0.3) is 0 Å². The molecule has 2 amide bonds. The molecule has 0 aliphatic heterocycles. The standard InChI is InChI=1S/C10H12N2O6.CH3NO2/c1-17-8-3-6(5-11-10(13)14)7(12(15)16)4-9(8)18-2;2-1(3)4/h3-4,11H,5H2,1-2H3,(H,13,14);2H2,(H,3,4). The summed E-state index contributed by atoms with van der Waals surface area (Å²) in [5, 5.41) is 28.6. The zero-order valence-electron chi connectivity index (χ0n) is 11.7. The lowest BCUT2D eigenvalue weighted by molar-refractivity contribution is -0.385. The van der Waals surface area contributed by atoms with E-state index in [0.717, 1.165) is 0 Å². The van der Waals surface area contributed by atoms with Crippen molar-refractivity contribution in [3.8, 4) is 11.5 Å². The molecule has 5 N–H and O–H groups in total. The number of rotatable bonds is 5. The van der Waals surface area contributed by atoms with Crippen molar-refractivity contribution in [3.05, 3.63) is 27.8 Å². The Morgan fingerprint density at radius 1 is 1.27 bits per heavy atom. The molecule has 0 aliphatic rings. The van der Waals surface area contributed by atoms with Crippen LogP contribution in [0.2, 0.25) is 0 Å². The van der Waals surface area contributed by atoms with Gasteiger partial charge in [0.2, 0.25) is 0 Å². The average molecular weight is 317 g/mol. The number of amides is 2. The third-order valence-corrected chi connectivity index (χ3v) is 2.21. The monoisotopic (exact) mass is 317 g/mol. The molecule has 0 heterocycles. The van der Waals surface area contributed by atoms with Crippen molar-refractivity contribution < 1.29 is 34.2 Å². The fraction of sp³-hybridized carbons (Fsp3) is 0.273. The smallest absolute Gasteiger partial charge is 0.404 e. The predicted octanol–water partition coefficient (Wildman–Crippen LogP) is 1.00. The maximum Gasteiger partial charge on any atom is 0.404 e. The predicted molar refractivity (Wildman–Crippen MR) is 73.3 cm³/mol. The Hall–Kier alpha value is -3.24. The second-order valence-electron chi connectivity index (χ2n) is 3.59. The maximum absolute atomic E-state index is 10.9. The Morgan fingerprint density at radius 2 is 1.73 bits per heavy atom. The van der Waals surface area contributed by atoms with Crippen molar-refractivity contribution in [2.45, 2.75) is 6.54 Å². The highest BCUT2D eigenvalue weighted by Crippen LogP contribution is 2.34. The molecule has 0 bridgehead atoms. The summed E-state index contributed by atoms with van der Waals surface area (Å²) in [4.78, 5) is 29.4. The summed E-state index contributed by atoms with van der Waals surface area (Å²) >= 11 is 0. The van der Waals surface area contributed by atoms with Gasteiger partial charge >= 0.3 is 12.2 Å². The molecule has 1 aromatic carbocycles. The van der Waals surface area contributed by atoms with Crippen LogP contribution in [0.5, 0.6) is 11.5 Å². The molecule has 0 spiro atoms. The first-order valence-corrected chi connectivity index (χ1v) is 5.57. The quantitative estimate of drug-likeness (QED) is 0.459. The van der Waals surface area contributed by atoms with Crippen molar-refractivity contribution in [1.29, 1.82) is 0 Å². The number of methoxy groups -OCH3 is 2. The second-order valence-corrected chi connectivity index (χ2v) is 3.59. The van der Waals surface area contributed by atoms with E-state index in [0.29, 0.717) is 5.75 Å². The lowest BCUT2D eigenvalue weighted by Gasteiger charge is -2.10. The SMILES string of the molecule is COc1cc(CNC(=O)O)c([N+](=O)[O-])cc1OC.NC(=O)O. The third-order valence-electron chi connectivity index (χ3n) is 2.21. The molecule has 0 fully saturated rings. The molecule has 11 heteroatoms. The lowest BCUT2D eigenvalue weighted by atomic mass is 10.1. The number of nitrogens with one attached hydrogen (secondary N) is 1. The number of nitrogens with zero attached hydrogens (tertiary/aromatic N) is 1. The van der Waals surface area contributed by atoms with Gasteiger partial charge < -0.3 is 30.7 Å². The molecular weight excluding hydrogens is 302 g/mol. The number of hydrogen-bond acceptors (Lipinski definition) is 6. The van der Waals surface area contributed by atoms with E-state index in [2.05, 4.69) is 11.1 Å². The summed E-state index contributed by atoms with van der Waals surface area (Å²) in [7, 11) is 2.74. The summed E-state index contributed by atoms with van der Waals surface area (Å²) in [6, 6.07) is 2.56. The molecule has 22 heavy (non-hydrogen) atoms. The van der Waals surface area contributed by atoms with E-state index in [1.807, 2.05) is 0 Å². The first kappa shape index (κ1) is 18.8. The van der Waals surface area contributed by atoms with E-state index in [-0.39, 0.29) is 23.5 Å². The van der Waals surface area contributed by atoms with Crippen LogP contribution in [0.4, 0.5) is 15.3 Å². The molecular formula is C11H15N3O8. The zero-order valence-corrected chi connectivity index (χ0v) is 11.7. The number of nitro groups is 1. The van der Waals surface area contributed by atoms with E-state index in [9.17, 15) is 14.9 Å². The van der Waals surface area contributed by atoms with Gasteiger partial charge in [-0.05, 0) is 6.07 Å². The van der Waals surface area contributed by atoms with Crippen LogP contribution >= 0.6 is 0 Å². The molecule has 11 nitrogen and oxygen atoms in total. The highest BCUT2D eigenvalue weighted by molar-refractivity contribution is 5.65. The van der Waals surface area contributed by atoms with Crippen molar-refractivity contribution in [2.24, 2.45) is 5.73 Å². The first-order valence-electron chi connectivity index (χ1n) is 5.57. The number of carboxylic acid groups (broad SMARTS) is 2. The summed E-state index contributed by atoms with van der Waals surface area (Å²) in [6.45, 7) is -0.188. The van der Waals surface area contributed by atoms with Crippen LogP contribution in [0.3, 0.4) is 0 Å². The molecule has 122 valence electrons. The molecule has 0 aromatic heterocycles. The lowest BCUT2D eigenvalue weighted by Crippen LogP contribution is -2.20. The van der Waals surface area contributed by atoms with Crippen LogP contribution < -0.4 is 20.5 Å². The number of primary amides is 1. The van der Waals surface area contributed by atoms with Crippen LogP contribution in [-0.2, 0) is 6.54 Å². The van der Waals surface area contributed by atoms with Crippen molar-refractivity contribution in [2.75, 3.05) is 14.2 Å². The number of nitro benzene ring substituents is 1. The van der Waals surface area contributed by atoms with Gasteiger partial charge in [0.15, 0.2) is 11.5 Å². The Morgan fingerprint density at radius 3 is 2.09 bits per heavy atom. The van der Waals surface area contributed by atoms with Crippen LogP contribution in [-0.4, -0.2) is 41.5 Å². The highest BCUT2D eigenvalue weighted by Gasteiger charge is 2.19. The van der Waals surface area contributed by atoms with Gasteiger partial charge in [0.1, 0.15) is 0 Å². The summed E-state index contributed by atoms with van der Waals surface area (Å²) < 4.78 is 9.94. The Kier molecular flexibility index (Phi) is 7.54. The number of nitrogens with two attached hydrogens (primary N) is 1. The van der Waals surface area contributed by atoms with E-state index >= 15 is 0 Å². The molecule has 0 saturated carbocycles. The summed E-state index contributed by atoms with van der Waals surface area (Å²) in [5.41, 5.74) is 3.99. The minimum absolute atomic E-state index is 0.188. The van der Waals surface area contributed by atoms with Crippen LogP contribution in [0.1, 0.15) is 5.56 Å². The Balaban J connectivity index is 0.000000980. The van der Waals surface area contributed by atoms with Crippen LogP contribution in [0, 0.1) is 10.1 Å². The van der Waals surface area contributed by atoms with Gasteiger partial charge in [-0.25, -0.2) is 9.59 Å². The van der Waals surface area contributed by atoms with E-state index in [4.69, 9.17) is 24.5 Å². The van der Waals surface area contributed by atoms with Gasteiger partial charge in [-0.15, -0.1) is 0 Å². The molecule has 0 radical (unpaired) electrons. The van der Waals surface area contributed by atoms with Gasteiger partial charge in [0.05, 0.1) is 37.3 Å². The largest absolute Gasteiger partial charge is 0.493 e. The average Bonchev–Trinajstić information content (AvgIpc) is 2.43. The summed E-state index contributed by atoms with van der Waals surface area (Å²) in [6.07, 6.45) is -2.60. The van der Waals surface area contributed by atoms with Gasteiger partial charge in [0, 0.05) is 0 Å². The minimum Gasteiger partial charge on any atom is -0.493 e. The van der Waals surface area contributed by atoms with Gasteiger partial charge in [-0.1, -0.05) is 0 Å². The van der Waals surface area contributed by atoms with Crippen molar-refractivity contribution >= 4 is 17.9 Å². The number of ether oxygens (including phenoxy) is 2. The van der Waals surface area contributed by atoms with E-state index < -0.39 is 17.1 Å². The zero-order chi connectivity index (χ0) is 17.3. The number of hydrogen-bond donors (Lipinski definition) is 4. The van der Waals surface area contributed by atoms with Gasteiger partial charge in [-0.2, -0.15) is 0 Å². The number of benzene rings is 1. The number of carbonyl (C=O) groups is 2. The third kappa shape index (κ3) is 6.27. The maximum atomic E-state index is 10.9. The second kappa shape index (κ2) is 8.84. The summed E-state index contributed by atoms with van der Waals surface area (Å²) in [5.74, 6) is 0.508. The minimum atomic E-state index is -1.33. The molecule has 1 rings (SSSR count). The fourth-order valence-corrected chi connectivity index (χ4v) is 1.39. The molecule has 0 saturated heterocycles. The fourth-order valence-electron chi connectivity index (χ4n) is 1.39. The van der Waals surface area contributed by atoms with Crippen molar-refractivity contribution in [1.82, 2.24) is 5.32 Å². The molecule has 0 aliphatic carbocycles. The van der Waals surface area contributed by atoms with E-state index in [1.54, 1.807) is 0 Å².